The standard InChI is InChI=1S/C14H20N4O/c1-4-7-16-13(19)9-17-14(15)18-12-6-5-10(2)11(3)8-12/h4-6,8H,1,7,9H2,2-3H3,(H,16,19)(H3,15,17,18). The van der Waals surface area contributed by atoms with Crippen molar-refractivity contribution >= 4 is 17.6 Å². The summed E-state index contributed by atoms with van der Waals surface area (Å²) >= 11 is 0. The predicted octanol–water partition coefficient (Wildman–Crippen LogP) is 1.33. The van der Waals surface area contributed by atoms with E-state index in [0.29, 0.717) is 6.54 Å². The largest absolute Gasteiger partial charge is 0.370 e. The molecule has 0 aliphatic carbocycles. The molecule has 0 heterocycles. The Bertz CT molecular complexity index is 494. The van der Waals surface area contributed by atoms with Gasteiger partial charge in [-0.2, -0.15) is 0 Å². The molecule has 102 valence electrons. The van der Waals surface area contributed by atoms with Crippen LogP contribution >= 0.6 is 0 Å². The van der Waals surface area contributed by atoms with Crippen molar-refractivity contribution in [3.05, 3.63) is 42.0 Å². The normalized spacial score (nSPS) is 10.9. The second-order valence-corrected chi connectivity index (χ2v) is 4.22. The van der Waals surface area contributed by atoms with Gasteiger partial charge in [0.1, 0.15) is 6.54 Å². The number of benzene rings is 1. The van der Waals surface area contributed by atoms with Crippen LogP contribution in [0.15, 0.2) is 35.8 Å². The van der Waals surface area contributed by atoms with Gasteiger partial charge in [0.05, 0.1) is 0 Å². The molecule has 1 amide bonds. The smallest absolute Gasteiger partial charge is 0.242 e. The molecule has 0 aliphatic rings. The molecule has 0 atom stereocenters. The quantitative estimate of drug-likeness (QED) is 0.424. The summed E-state index contributed by atoms with van der Waals surface area (Å²) in [6.07, 6.45) is 1.61. The van der Waals surface area contributed by atoms with E-state index >= 15 is 0 Å². The minimum absolute atomic E-state index is 0.00246. The fourth-order valence-corrected chi connectivity index (χ4v) is 1.41. The van der Waals surface area contributed by atoms with Crippen LogP contribution in [0.4, 0.5) is 5.69 Å². The summed E-state index contributed by atoms with van der Waals surface area (Å²) in [5.74, 6) is 0.0294. The van der Waals surface area contributed by atoms with Gasteiger partial charge in [0, 0.05) is 12.2 Å². The zero-order valence-corrected chi connectivity index (χ0v) is 11.4. The number of nitrogens with zero attached hydrogens (tertiary/aromatic N) is 1. The first-order valence-corrected chi connectivity index (χ1v) is 6.04. The van der Waals surface area contributed by atoms with Gasteiger partial charge < -0.3 is 16.4 Å². The first-order valence-electron chi connectivity index (χ1n) is 6.04. The monoisotopic (exact) mass is 260 g/mol. The van der Waals surface area contributed by atoms with E-state index in [1.165, 1.54) is 11.1 Å². The first-order chi connectivity index (χ1) is 9.02. The third-order valence-electron chi connectivity index (χ3n) is 2.62. The summed E-state index contributed by atoms with van der Waals surface area (Å²) in [5, 5.41) is 5.57. The lowest BCUT2D eigenvalue weighted by Crippen LogP contribution is -2.29. The van der Waals surface area contributed by atoms with E-state index in [2.05, 4.69) is 22.2 Å². The Hall–Kier alpha value is -2.30. The Balaban J connectivity index is 2.53. The molecule has 5 nitrogen and oxygen atoms in total. The van der Waals surface area contributed by atoms with E-state index in [1.54, 1.807) is 6.08 Å². The van der Waals surface area contributed by atoms with Gasteiger partial charge in [-0.05, 0) is 37.1 Å². The minimum atomic E-state index is -0.190. The number of guanidine groups is 1. The Labute approximate surface area is 113 Å². The van der Waals surface area contributed by atoms with Crippen LogP contribution in [0.2, 0.25) is 0 Å². The average Bonchev–Trinajstić information content (AvgIpc) is 2.38. The van der Waals surface area contributed by atoms with Crippen LogP contribution in [0, 0.1) is 13.8 Å². The molecule has 1 rings (SSSR count). The van der Waals surface area contributed by atoms with E-state index in [-0.39, 0.29) is 18.4 Å². The van der Waals surface area contributed by atoms with Gasteiger partial charge in [0.15, 0.2) is 5.96 Å². The highest BCUT2D eigenvalue weighted by Crippen LogP contribution is 2.13. The van der Waals surface area contributed by atoms with E-state index in [1.807, 2.05) is 32.0 Å². The Morgan fingerprint density at radius 2 is 2.16 bits per heavy atom. The van der Waals surface area contributed by atoms with Crippen LogP contribution in [0.1, 0.15) is 11.1 Å². The summed E-state index contributed by atoms with van der Waals surface area (Å²) in [5.41, 5.74) is 8.95. The molecular weight excluding hydrogens is 240 g/mol. The lowest BCUT2D eigenvalue weighted by atomic mass is 10.1. The van der Waals surface area contributed by atoms with Crippen molar-refractivity contribution in [3.63, 3.8) is 0 Å². The fourth-order valence-electron chi connectivity index (χ4n) is 1.41. The third kappa shape index (κ3) is 5.25. The number of aryl methyl sites for hydroxylation is 2. The molecule has 0 spiro atoms. The number of aliphatic imine (C=N–C) groups is 1. The SMILES string of the molecule is C=CCNC(=O)CN=C(N)Nc1ccc(C)c(C)c1. The van der Waals surface area contributed by atoms with Gasteiger partial charge in [-0.3, -0.25) is 4.79 Å². The maximum Gasteiger partial charge on any atom is 0.242 e. The molecule has 4 N–H and O–H groups in total. The van der Waals surface area contributed by atoms with Gasteiger partial charge in [0.25, 0.3) is 0 Å². The van der Waals surface area contributed by atoms with Gasteiger partial charge in [-0.25, -0.2) is 4.99 Å². The van der Waals surface area contributed by atoms with Crippen molar-refractivity contribution in [1.82, 2.24) is 5.32 Å². The Morgan fingerprint density at radius 1 is 1.42 bits per heavy atom. The molecular formula is C14H20N4O. The molecule has 5 heteroatoms. The third-order valence-corrected chi connectivity index (χ3v) is 2.62. The molecule has 19 heavy (non-hydrogen) atoms. The number of carbonyl (C=O) groups excluding carboxylic acids is 1. The number of carbonyl (C=O) groups is 1. The second kappa shape index (κ2) is 7.20. The zero-order chi connectivity index (χ0) is 14.3. The van der Waals surface area contributed by atoms with Crippen LogP contribution in [0.3, 0.4) is 0 Å². The lowest BCUT2D eigenvalue weighted by molar-refractivity contribution is -0.119. The van der Waals surface area contributed by atoms with Crippen molar-refractivity contribution in [1.29, 1.82) is 0 Å². The second-order valence-electron chi connectivity index (χ2n) is 4.22. The lowest BCUT2D eigenvalue weighted by Gasteiger charge is -2.08. The van der Waals surface area contributed by atoms with Gasteiger partial charge in [0.2, 0.25) is 5.91 Å². The van der Waals surface area contributed by atoms with Crippen LogP contribution in [-0.2, 0) is 4.79 Å². The van der Waals surface area contributed by atoms with Crippen LogP contribution in [0.25, 0.3) is 0 Å². The van der Waals surface area contributed by atoms with E-state index < -0.39 is 0 Å². The topological polar surface area (TPSA) is 79.5 Å². The fraction of sp³-hybridized carbons (Fsp3) is 0.286. The highest BCUT2D eigenvalue weighted by molar-refractivity contribution is 5.94. The van der Waals surface area contributed by atoms with Gasteiger partial charge in [-0.1, -0.05) is 12.1 Å². The molecule has 0 aliphatic heterocycles. The van der Waals surface area contributed by atoms with Crippen molar-refractivity contribution in [3.8, 4) is 0 Å². The number of hydrogen-bond acceptors (Lipinski definition) is 2. The highest BCUT2D eigenvalue weighted by atomic mass is 16.1. The summed E-state index contributed by atoms with van der Waals surface area (Å²) in [6.45, 7) is 8.00. The number of amides is 1. The van der Waals surface area contributed by atoms with Gasteiger partial charge >= 0.3 is 0 Å². The van der Waals surface area contributed by atoms with Crippen LogP contribution < -0.4 is 16.4 Å². The van der Waals surface area contributed by atoms with E-state index in [4.69, 9.17) is 5.73 Å². The summed E-state index contributed by atoms with van der Waals surface area (Å²) in [6, 6.07) is 5.90. The van der Waals surface area contributed by atoms with Gasteiger partial charge in [-0.15, -0.1) is 6.58 Å². The number of anilines is 1. The number of nitrogens with one attached hydrogen (secondary N) is 2. The zero-order valence-electron chi connectivity index (χ0n) is 11.4. The summed E-state index contributed by atoms with van der Waals surface area (Å²) < 4.78 is 0. The van der Waals surface area contributed by atoms with Crippen molar-refractivity contribution in [2.24, 2.45) is 10.7 Å². The molecule has 0 aromatic heterocycles. The highest BCUT2D eigenvalue weighted by Gasteiger charge is 2.00. The molecule has 0 saturated heterocycles. The Morgan fingerprint density at radius 3 is 2.79 bits per heavy atom. The van der Waals surface area contributed by atoms with Crippen LogP contribution in [0.5, 0.6) is 0 Å². The van der Waals surface area contributed by atoms with Crippen molar-refractivity contribution in [2.75, 3.05) is 18.4 Å². The summed E-state index contributed by atoms with van der Waals surface area (Å²) in [7, 11) is 0. The molecule has 1 aromatic carbocycles. The van der Waals surface area contributed by atoms with Crippen molar-refractivity contribution in [2.45, 2.75) is 13.8 Å². The number of rotatable bonds is 5. The molecule has 0 fully saturated rings. The molecule has 1 aromatic rings. The maximum atomic E-state index is 11.3. The predicted molar refractivity (Wildman–Crippen MR) is 79.2 cm³/mol. The minimum Gasteiger partial charge on any atom is -0.370 e. The maximum absolute atomic E-state index is 11.3. The first kappa shape index (κ1) is 14.8. The Kier molecular flexibility index (Phi) is 5.60. The van der Waals surface area contributed by atoms with E-state index in [9.17, 15) is 4.79 Å². The van der Waals surface area contributed by atoms with Crippen molar-refractivity contribution < 1.29 is 4.79 Å². The molecule has 0 unspecified atom stereocenters. The average molecular weight is 260 g/mol. The molecule has 0 saturated carbocycles. The summed E-state index contributed by atoms with van der Waals surface area (Å²) in [4.78, 5) is 15.3. The number of hydrogen-bond donors (Lipinski definition) is 3. The number of nitrogens with two attached hydrogens (primary N) is 1. The molecule has 0 radical (unpaired) electrons. The molecule has 0 bridgehead atoms. The van der Waals surface area contributed by atoms with E-state index in [0.717, 1.165) is 5.69 Å². The van der Waals surface area contributed by atoms with Crippen LogP contribution in [-0.4, -0.2) is 25.0 Å².